The van der Waals surface area contributed by atoms with Gasteiger partial charge in [-0.05, 0) is 37.0 Å². The number of carbonyl (C=O) groups is 1. The van der Waals surface area contributed by atoms with Crippen LogP contribution in [0.3, 0.4) is 0 Å². The van der Waals surface area contributed by atoms with E-state index in [1.807, 2.05) is 19.1 Å². The summed E-state index contributed by atoms with van der Waals surface area (Å²) in [5.41, 5.74) is 6.54. The molecule has 21 heavy (non-hydrogen) atoms. The van der Waals surface area contributed by atoms with Crippen molar-refractivity contribution in [3.8, 4) is 0 Å². The number of hydrogen-bond acceptors (Lipinski definition) is 4. The van der Waals surface area contributed by atoms with Crippen molar-refractivity contribution in [2.75, 3.05) is 18.9 Å². The Labute approximate surface area is 132 Å². The Morgan fingerprint density at radius 1 is 1.52 bits per heavy atom. The molecule has 1 aromatic heterocycles. The quantitative estimate of drug-likeness (QED) is 0.713. The van der Waals surface area contributed by atoms with E-state index >= 15 is 0 Å². The fourth-order valence-corrected chi connectivity index (χ4v) is 3.40. The normalized spacial score (nSPS) is 12.5. The number of nitrogen functional groups attached to an aromatic ring is 1. The highest BCUT2D eigenvalue weighted by Crippen LogP contribution is 2.35. The van der Waals surface area contributed by atoms with Crippen molar-refractivity contribution in [1.82, 2.24) is 5.32 Å². The molecule has 0 spiro atoms. The van der Waals surface area contributed by atoms with Crippen LogP contribution in [0.4, 0.5) is 5.69 Å². The van der Waals surface area contributed by atoms with Gasteiger partial charge in [0.2, 0.25) is 0 Å². The Balaban J connectivity index is 2.01. The van der Waals surface area contributed by atoms with Gasteiger partial charge in [0, 0.05) is 28.3 Å². The molecule has 6 heteroatoms. The molecule has 0 aliphatic rings. The number of hydrogen-bond donors (Lipinski definition) is 3. The van der Waals surface area contributed by atoms with Gasteiger partial charge in [0.25, 0.3) is 5.91 Å². The minimum absolute atomic E-state index is 0.151. The number of thiophene rings is 1. The summed E-state index contributed by atoms with van der Waals surface area (Å²) in [6, 6.07) is 5.42. The van der Waals surface area contributed by atoms with E-state index in [2.05, 4.69) is 5.32 Å². The van der Waals surface area contributed by atoms with E-state index in [4.69, 9.17) is 22.4 Å². The Morgan fingerprint density at radius 2 is 2.29 bits per heavy atom. The molecule has 1 aromatic carbocycles. The van der Waals surface area contributed by atoms with Gasteiger partial charge in [-0.1, -0.05) is 18.5 Å². The van der Waals surface area contributed by atoms with Crippen molar-refractivity contribution >= 4 is 44.6 Å². The van der Waals surface area contributed by atoms with Crippen molar-refractivity contribution in [2.24, 2.45) is 5.92 Å². The molecular weight excluding hydrogens is 308 g/mol. The molecule has 1 amide bonds. The number of anilines is 1. The number of aliphatic hydroxyl groups excluding tert-OH is 1. The molecule has 0 aliphatic carbocycles. The van der Waals surface area contributed by atoms with Crippen LogP contribution in [0.5, 0.6) is 0 Å². The van der Waals surface area contributed by atoms with Crippen LogP contribution in [0, 0.1) is 5.92 Å². The third-order valence-corrected chi connectivity index (χ3v) is 4.77. The van der Waals surface area contributed by atoms with Crippen molar-refractivity contribution in [1.29, 1.82) is 0 Å². The minimum Gasteiger partial charge on any atom is -0.397 e. The molecule has 114 valence electrons. The average molecular weight is 327 g/mol. The highest BCUT2D eigenvalue weighted by molar-refractivity contribution is 7.21. The first kappa shape index (κ1) is 16.1. The van der Waals surface area contributed by atoms with E-state index in [-0.39, 0.29) is 18.4 Å². The van der Waals surface area contributed by atoms with Crippen LogP contribution >= 0.6 is 22.9 Å². The summed E-state index contributed by atoms with van der Waals surface area (Å²) < 4.78 is 0.916. The number of amides is 1. The van der Waals surface area contributed by atoms with E-state index in [1.54, 1.807) is 6.07 Å². The molecule has 1 atom stereocenters. The first-order valence-electron chi connectivity index (χ1n) is 6.89. The Hall–Kier alpha value is -1.30. The van der Waals surface area contributed by atoms with Gasteiger partial charge in [0.1, 0.15) is 4.88 Å². The van der Waals surface area contributed by atoms with Crippen molar-refractivity contribution in [2.45, 2.75) is 19.8 Å². The number of benzene rings is 1. The van der Waals surface area contributed by atoms with Gasteiger partial charge in [0.15, 0.2) is 0 Å². The Kier molecular flexibility index (Phi) is 5.45. The summed E-state index contributed by atoms with van der Waals surface area (Å²) in [4.78, 5) is 12.7. The summed E-state index contributed by atoms with van der Waals surface area (Å²) in [6.45, 7) is 2.74. The lowest BCUT2D eigenvalue weighted by Crippen LogP contribution is -2.24. The lowest BCUT2D eigenvalue weighted by atomic mass is 10.1. The topological polar surface area (TPSA) is 75.3 Å². The minimum atomic E-state index is -0.151. The molecule has 2 rings (SSSR count). The number of nitrogens with two attached hydrogens (primary N) is 1. The maximum atomic E-state index is 12.2. The zero-order valence-corrected chi connectivity index (χ0v) is 13.4. The number of fused-ring (bicyclic) bond motifs is 1. The van der Waals surface area contributed by atoms with Crippen LogP contribution < -0.4 is 11.1 Å². The number of aliphatic hydroxyl groups is 1. The van der Waals surface area contributed by atoms with E-state index in [0.717, 1.165) is 22.9 Å². The van der Waals surface area contributed by atoms with Crippen LogP contribution in [-0.2, 0) is 0 Å². The van der Waals surface area contributed by atoms with Gasteiger partial charge in [-0.2, -0.15) is 0 Å². The fraction of sp³-hybridized carbons (Fsp3) is 0.400. The van der Waals surface area contributed by atoms with Gasteiger partial charge >= 0.3 is 0 Å². The smallest absolute Gasteiger partial charge is 0.263 e. The lowest BCUT2D eigenvalue weighted by molar-refractivity contribution is 0.0957. The Morgan fingerprint density at radius 3 is 3.00 bits per heavy atom. The van der Waals surface area contributed by atoms with E-state index in [1.165, 1.54) is 11.3 Å². The van der Waals surface area contributed by atoms with Crippen molar-refractivity contribution in [3.63, 3.8) is 0 Å². The molecule has 2 aromatic rings. The number of rotatable bonds is 6. The third kappa shape index (κ3) is 3.87. The van der Waals surface area contributed by atoms with E-state index in [0.29, 0.717) is 22.1 Å². The number of halogens is 1. The van der Waals surface area contributed by atoms with Crippen molar-refractivity contribution in [3.05, 3.63) is 28.1 Å². The summed E-state index contributed by atoms with van der Waals surface area (Å²) >= 11 is 7.30. The maximum Gasteiger partial charge on any atom is 0.263 e. The summed E-state index contributed by atoms with van der Waals surface area (Å²) in [5.74, 6) is 0.111. The zero-order chi connectivity index (χ0) is 15.4. The predicted octanol–water partition coefficient (Wildman–Crippen LogP) is 3.28. The second kappa shape index (κ2) is 7.11. The number of nitrogens with one attached hydrogen (secondary N) is 1. The summed E-state index contributed by atoms with van der Waals surface area (Å²) in [7, 11) is 0. The fourth-order valence-electron chi connectivity index (χ4n) is 2.08. The molecule has 0 saturated heterocycles. The molecule has 0 saturated carbocycles. The van der Waals surface area contributed by atoms with Gasteiger partial charge < -0.3 is 16.2 Å². The molecule has 0 aliphatic heterocycles. The van der Waals surface area contributed by atoms with Crippen LogP contribution in [0.15, 0.2) is 18.2 Å². The number of carbonyl (C=O) groups excluding carboxylic acids is 1. The zero-order valence-electron chi connectivity index (χ0n) is 11.9. The van der Waals surface area contributed by atoms with Gasteiger partial charge in [-0.15, -0.1) is 11.3 Å². The van der Waals surface area contributed by atoms with Crippen LogP contribution in [0.25, 0.3) is 10.1 Å². The van der Waals surface area contributed by atoms with Crippen LogP contribution in [0.2, 0.25) is 5.02 Å². The largest absolute Gasteiger partial charge is 0.397 e. The Bertz CT molecular complexity index is 642. The molecule has 1 heterocycles. The van der Waals surface area contributed by atoms with E-state index < -0.39 is 0 Å². The highest BCUT2D eigenvalue weighted by Gasteiger charge is 2.16. The molecule has 1 unspecified atom stereocenters. The first-order chi connectivity index (χ1) is 10.0. The van der Waals surface area contributed by atoms with Gasteiger partial charge in [-0.25, -0.2) is 0 Å². The SMILES string of the molecule is CC(CO)CCCNC(=O)c1sc2cc(Cl)ccc2c1N. The summed E-state index contributed by atoms with van der Waals surface area (Å²) in [6.07, 6.45) is 1.72. The third-order valence-electron chi connectivity index (χ3n) is 3.37. The van der Waals surface area contributed by atoms with Gasteiger partial charge in [-0.3, -0.25) is 4.79 Å². The predicted molar refractivity (Wildman–Crippen MR) is 89.1 cm³/mol. The average Bonchev–Trinajstić information content (AvgIpc) is 2.79. The maximum absolute atomic E-state index is 12.2. The van der Waals surface area contributed by atoms with Crippen LogP contribution in [0.1, 0.15) is 29.4 Å². The van der Waals surface area contributed by atoms with E-state index in [9.17, 15) is 4.79 Å². The second-order valence-corrected chi connectivity index (χ2v) is 6.66. The molecule has 4 N–H and O–H groups in total. The van der Waals surface area contributed by atoms with Crippen LogP contribution in [-0.4, -0.2) is 24.2 Å². The molecule has 0 radical (unpaired) electrons. The monoisotopic (exact) mass is 326 g/mol. The molecule has 4 nitrogen and oxygen atoms in total. The second-order valence-electron chi connectivity index (χ2n) is 5.17. The summed E-state index contributed by atoms with van der Waals surface area (Å²) in [5, 5.41) is 13.3. The molecule has 0 fully saturated rings. The lowest BCUT2D eigenvalue weighted by Gasteiger charge is -2.08. The highest BCUT2D eigenvalue weighted by atomic mass is 35.5. The first-order valence-corrected chi connectivity index (χ1v) is 8.09. The molecular formula is C15H19ClN2O2S. The van der Waals surface area contributed by atoms with Crippen molar-refractivity contribution < 1.29 is 9.90 Å². The molecule has 0 bridgehead atoms. The van der Waals surface area contributed by atoms with Gasteiger partial charge in [0.05, 0.1) is 5.69 Å². The standard InChI is InChI=1S/C15H19ClN2O2S/c1-9(8-19)3-2-6-18-15(20)14-13(17)11-5-4-10(16)7-12(11)21-14/h4-5,7,9,19H,2-3,6,8,17H2,1H3,(H,18,20).